The number of hydrogen-bond donors (Lipinski definition) is 3. The Morgan fingerprint density at radius 2 is 2.09 bits per heavy atom. The third-order valence-corrected chi connectivity index (χ3v) is 3.98. The van der Waals surface area contributed by atoms with Gasteiger partial charge < -0.3 is 34.1 Å². The molecule has 1 heterocycles. The number of aliphatic hydroxyl groups excluding tert-OH is 2. The van der Waals surface area contributed by atoms with Crippen LogP contribution in [0.5, 0.6) is 0 Å². The smallest absolute Gasteiger partial charge is 0.325 e. The lowest BCUT2D eigenvalue weighted by molar-refractivity contribution is -0.118. The molecule has 0 radical (unpaired) electrons. The second-order valence-electron chi connectivity index (χ2n) is 5.49. The van der Waals surface area contributed by atoms with Gasteiger partial charge in [-0.05, 0) is 6.42 Å². The Bertz CT molecular complexity index is 380. The van der Waals surface area contributed by atoms with Crippen LogP contribution in [0.2, 0.25) is 0 Å². The average Bonchev–Trinajstić information content (AvgIpc) is 2.73. The Morgan fingerprint density at radius 3 is 2.65 bits per heavy atom. The minimum Gasteiger partial charge on any atom is -0.394 e. The number of hydrogen-bond acceptors (Lipinski definition) is 8. The van der Waals surface area contributed by atoms with Crippen LogP contribution in [-0.4, -0.2) is 93.8 Å². The van der Waals surface area contributed by atoms with Crippen molar-refractivity contribution in [2.24, 2.45) is 0 Å². The van der Waals surface area contributed by atoms with E-state index >= 15 is 0 Å². The second-order valence-corrected chi connectivity index (χ2v) is 7.31. The first-order valence-corrected chi connectivity index (χ1v) is 9.42. The van der Waals surface area contributed by atoms with Gasteiger partial charge in [-0.25, -0.2) is 0 Å². The Balaban J connectivity index is 2.50. The van der Waals surface area contributed by atoms with Crippen molar-refractivity contribution >= 4 is 15.4 Å². The average molecular weight is 356 g/mol. The molecule has 1 aliphatic rings. The van der Waals surface area contributed by atoms with E-state index in [1.54, 1.807) is 7.85 Å². The number of methoxy groups -OCH3 is 1. The van der Waals surface area contributed by atoms with Crippen molar-refractivity contribution in [3.63, 3.8) is 0 Å². The third kappa shape index (κ3) is 7.60. The summed E-state index contributed by atoms with van der Waals surface area (Å²) in [5.74, 6) is 0. The lowest BCUT2D eigenvalue weighted by Gasteiger charge is -2.25. The molecule has 0 aromatic heterocycles. The normalized spacial score (nSPS) is 31.9. The van der Waals surface area contributed by atoms with Gasteiger partial charge in [0.05, 0.1) is 31.9 Å². The molecule has 0 spiro atoms. The highest BCUT2D eigenvalue weighted by molar-refractivity contribution is 7.51. The van der Waals surface area contributed by atoms with Crippen molar-refractivity contribution in [2.75, 3.05) is 40.4 Å². The van der Waals surface area contributed by atoms with Gasteiger partial charge in [0.25, 0.3) is 0 Å². The molecule has 0 aliphatic carbocycles. The molecule has 136 valence electrons. The summed E-state index contributed by atoms with van der Waals surface area (Å²) < 4.78 is 38.2. The van der Waals surface area contributed by atoms with Crippen LogP contribution in [0.1, 0.15) is 6.42 Å². The van der Waals surface area contributed by atoms with Crippen molar-refractivity contribution in [3.8, 4) is 0 Å². The van der Waals surface area contributed by atoms with Crippen molar-refractivity contribution < 1.29 is 43.1 Å². The van der Waals surface area contributed by atoms with Crippen LogP contribution in [0.4, 0.5) is 0 Å². The highest BCUT2D eigenvalue weighted by Gasteiger charge is 2.46. The first-order chi connectivity index (χ1) is 10.8. The van der Waals surface area contributed by atoms with Crippen LogP contribution in [0.25, 0.3) is 0 Å². The van der Waals surface area contributed by atoms with E-state index in [4.69, 9.17) is 28.6 Å². The lowest BCUT2D eigenvalue weighted by Crippen LogP contribution is -2.39. The van der Waals surface area contributed by atoms with E-state index in [9.17, 15) is 14.6 Å². The maximum Gasteiger partial charge on any atom is 0.325 e. The predicted molar refractivity (Wildman–Crippen MR) is 83.1 cm³/mol. The van der Waals surface area contributed by atoms with Crippen LogP contribution in [0.3, 0.4) is 0 Å². The van der Waals surface area contributed by atoms with Gasteiger partial charge in [0.1, 0.15) is 33.0 Å². The highest BCUT2D eigenvalue weighted by Crippen LogP contribution is 2.42. The first-order valence-electron chi connectivity index (χ1n) is 7.39. The van der Waals surface area contributed by atoms with E-state index in [1.165, 1.54) is 7.11 Å². The summed E-state index contributed by atoms with van der Waals surface area (Å²) in [7, 11) is -0.452. The zero-order valence-electron chi connectivity index (χ0n) is 13.7. The van der Waals surface area contributed by atoms with Gasteiger partial charge in [-0.15, -0.1) is 0 Å². The number of rotatable bonds is 11. The summed E-state index contributed by atoms with van der Waals surface area (Å²) in [4.78, 5) is 9.46. The molecule has 11 heteroatoms. The standard InChI is InChI=1S/C12H26BO9P/c1-18-6-9-10(22-23(2,16)17)11(12(13)21-9)20-7-19-4-3-8(15)5-14/h8-12,14-15H,3-7,13H2,1-2H3,(H,16,17)/t8?,9-,10?,11+,12-/m1/s1. The van der Waals surface area contributed by atoms with Gasteiger partial charge >= 0.3 is 7.60 Å². The largest absolute Gasteiger partial charge is 0.394 e. The highest BCUT2D eigenvalue weighted by atomic mass is 31.2. The Labute approximate surface area is 136 Å². The zero-order valence-corrected chi connectivity index (χ0v) is 14.6. The summed E-state index contributed by atoms with van der Waals surface area (Å²) in [6, 6.07) is -0.363. The summed E-state index contributed by atoms with van der Waals surface area (Å²) in [5, 5.41) is 17.9. The van der Waals surface area contributed by atoms with Crippen molar-refractivity contribution in [1.29, 1.82) is 0 Å². The monoisotopic (exact) mass is 356 g/mol. The molecule has 23 heavy (non-hydrogen) atoms. The lowest BCUT2D eigenvalue weighted by atomic mass is 9.93. The summed E-state index contributed by atoms with van der Waals surface area (Å²) in [6.07, 6.45) is -2.40. The molecular weight excluding hydrogens is 330 g/mol. The summed E-state index contributed by atoms with van der Waals surface area (Å²) in [5.41, 5.74) is 0. The Morgan fingerprint density at radius 1 is 1.39 bits per heavy atom. The van der Waals surface area contributed by atoms with E-state index in [0.717, 1.165) is 6.66 Å². The number of ether oxygens (including phenoxy) is 4. The van der Waals surface area contributed by atoms with E-state index < -0.39 is 32.0 Å². The fraction of sp³-hybridized carbons (Fsp3) is 1.00. The van der Waals surface area contributed by atoms with Crippen molar-refractivity contribution in [3.05, 3.63) is 0 Å². The van der Waals surface area contributed by atoms with Gasteiger partial charge in [0, 0.05) is 13.8 Å². The predicted octanol–water partition coefficient (Wildman–Crippen LogP) is -1.71. The maximum absolute atomic E-state index is 11.6. The van der Waals surface area contributed by atoms with Gasteiger partial charge in [0.15, 0.2) is 0 Å². The van der Waals surface area contributed by atoms with Crippen molar-refractivity contribution in [1.82, 2.24) is 0 Å². The van der Waals surface area contributed by atoms with Crippen LogP contribution in [0, 0.1) is 0 Å². The molecule has 1 aliphatic heterocycles. The van der Waals surface area contributed by atoms with Gasteiger partial charge in [-0.3, -0.25) is 9.09 Å². The molecule has 1 rings (SSSR count). The molecule has 0 bridgehead atoms. The molecule has 0 amide bonds. The van der Waals surface area contributed by atoms with E-state index in [2.05, 4.69) is 0 Å². The SMILES string of the molecule is B[C@@H]1O[C@H](COC)C(OP(C)(=O)O)[C@@H]1OCOCCC(O)CO. The summed E-state index contributed by atoms with van der Waals surface area (Å²) >= 11 is 0. The van der Waals surface area contributed by atoms with E-state index in [-0.39, 0.29) is 39.0 Å². The molecule has 6 atom stereocenters. The molecule has 9 nitrogen and oxygen atoms in total. The fourth-order valence-electron chi connectivity index (χ4n) is 2.29. The Hall–Kier alpha value is -0.0251. The third-order valence-electron chi connectivity index (χ3n) is 3.34. The Kier molecular flexibility index (Phi) is 9.21. The summed E-state index contributed by atoms with van der Waals surface area (Å²) in [6.45, 7) is 1.11. The topological polar surface area (TPSA) is 124 Å². The van der Waals surface area contributed by atoms with Crippen LogP contribution in [-0.2, 0) is 28.0 Å². The van der Waals surface area contributed by atoms with Crippen LogP contribution in [0.15, 0.2) is 0 Å². The fourth-order valence-corrected chi connectivity index (χ4v) is 3.00. The molecule has 0 aromatic rings. The maximum atomic E-state index is 11.6. The van der Waals surface area contributed by atoms with Crippen LogP contribution >= 0.6 is 7.60 Å². The van der Waals surface area contributed by atoms with Gasteiger partial charge in [-0.2, -0.15) is 0 Å². The second kappa shape index (κ2) is 10.1. The molecule has 0 saturated carbocycles. The van der Waals surface area contributed by atoms with E-state index in [1.807, 2.05) is 0 Å². The quantitative estimate of drug-likeness (QED) is 0.172. The van der Waals surface area contributed by atoms with Gasteiger partial charge in [0.2, 0.25) is 0 Å². The molecule has 1 saturated heterocycles. The van der Waals surface area contributed by atoms with E-state index in [0.29, 0.717) is 0 Å². The molecular formula is C12H26BO9P. The van der Waals surface area contributed by atoms with Crippen molar-refractivity contribution in [2.45, 2.75) is 36.8 Å². The molecule has 1 fully saturated rings. The van der Waals surface area contributed by atoms with Gasteiger partial charge in [-0.1, -0.05) is 0 Å². The minimum absolute atomic E-state index is 0.0878. The molecule has 0 aromatic carbocycles. The minimum atomic E-state index is -3.72. The number of aliphatic hydroxyl groups is 2. The van der Waals surface area contributed by atoms with Crippen LogP contribution < -0.4 is 0 Å². The molecule has 3 N–H and O–H groups in total. The zero-order chi connectivity index (χ0) is 17.5. The first kappa shape index (κ1) is 21.0. The molecule has 3 unspecified atom stereocenters.